The lowest BCUT2D eigenvalue weighted by Gasteiger charge is -2.43. The van der Waals surface area contributed by atoms with Gasteiger partial charge in [0.15, 0.2) is 9.84 Å². The first-order chi connectivity index (χ1) is 12.9. The molecule has 1 amide bonds. The summed E-state index contributed by atoms with van der Waals surface area (Å²) in [6.45, 7) is 4.36. The Labute approximate surface area is 159 Å². The highest BCUT2D eigenvalue weighted by atomic mass is 32.2. The molecule has 2 atom stereocenters. The van der Waals surface area contributed by atoms with E-state index >= 15 is 0 Å². The van der Waals surface area contributed by atoms with Crippen LogP contribution >= 0.6 is 0 Å². The van der Waals surface area contributed by atoms with Crippen LogP contribution in [-0.4, -0.2) is 72.3 Å². The van der Waals surface area contributed by atoms with Crippen molar-refractivity contribution in [2.24, 2.45) is 5.92 Å². The third-order valence-electron chi connectivity index (χ3n) is 6.25. The lowest BCUT2D eigenvalue weighted by molar-refractivity contribution is 0.0314. The van der Waals surface area contributed by atoms with E-state index in [0.29, 0.717) is 18.2 Å². The lowest BCUT2D eigenvalue weighted by Crippen LogP contribution is -2.60. The van der Waals surface area contributed by atoms with Crippen LogP contribution in [0.3, 0.4) is 0 Å². The molecule has 1 saturated carbocycles. The molecule has 3 fully saturated rings. The second kappa shape index (κ2) is 6.07. The Morgan fingerprint density at radius 2 is 1.93 bits per heavy atom. The van der Waals surface area contributed by atoms with Crippen LogP contribution in [0, 0.1) is 12.8 Å². The fourth-order valence-corrected chi connectivity index (χ4v) is 6.67. The Balaban J connectivity index is 1.43. The maximum absolute atomic E-state index is 13.2. The van der Waals surface area contributed by atoms with E-state index in [9.17, 15) is 13.2 Å². The Bertz CT molecular complexity index is 1010. The smallest absolute Gasteiger partial charge is 0.270 e. The quantitative estimate of drug-likeness (QED) is 0.872. The van der Waals surface area contributed by atoms with Gasteiger partial charge in [-0.25, -0.2) is 8.42 Å². The van der Waals surface area contributed by atoms with Crippen molar-refractivity contribution in [2.75, 3.05) is 31.1 Å². The minimum atomic E-state index is -3.10. The lowest BCUT2D eigenvalue weighted by atomic mass is 10.0. The van der Waals surface area contributed by atoms with Gasteiger partial charge < -0.3 is 9.88 Å². The van der Waals surface area contributed by atoms with Gasteiger partial charge >= 0.3 is 0 Å². The van der Waals surface area contributed by atoms with Gasteiger partial charge in [-0.05, 0) is 43.9 Å². The molecule has 3 heterocycles. The maximum Gasteiger partial charge on any atom is 0.270 e. The molecule has 27 heavy (non-hydrogen) atoms. The van der Waals surface area contributed by atoms with Crippen molar-refractivity contribution in [2.45, 2.75) is 31.8 Å². The summed E-state index contributed by atoms with van der Waals surface area (Å²) in [6, 6.07) is 7.66. The number of sulfone groups is 1. The molecule has 2 aromatic rings. The van der Waals surface area contributed by atoms with Crippen LogP contribution in [0.4, 0.5) is 0 Å². The standard InChI is InChI=1S/C20H25N3O3S/c1-13-2-5-16-15(8-13)9-17(21-16)20(24)23-7-6-22(10-14-3-4-14)18-11-27(25,26)12-19(18)23/h2,5,8-9,14,18-19,21H,3-4,6-7,10-12H2,1H3/t18-,19+/m1/s1. The average Bonchev–Trinajstić information content (AvgIpc) is 3.22. The van der Waals surface area contributed by atoms with E-state index in [4.69, 9.17) is 0 Å². The molecule has 1 N–H and O–H groups in total. The number of H-pyrrole nitrogens is 1. The van der Waals surface area contributed by atoms with Gasteiger partial charge in [-0.15, -0.1) is 0 Å². The van der Waals surface area contributed by atoms with E-state index in [-0.39, 0.29) is 29.5 Å². The molecule has 1 aromatic heterocycles. The minimum absolute atomic E-state index is 0.0556. The summed E-state index contributed by atoms with van der Waals surface area (Å²) in [6.07, 6.45) is 2.50. The highest BCUT2D eigenvalue weighted by Gasteiger charge is 2.49. The van der Waals surface area contributed by atoms with Crippen LogP contribution < -0.4 is 0 Å². The largest absolute Gasteiger partial charge is 0.351 e. The maximum atomic E-state index is 13.2. The third-order valence-corrected chi connectivity index (χ3v) is 7.95. The van der Waals surface area contributed by atoms with Crippen LogP contribution in [-0.2, 0) is 9.84 Å². The molecule has 7 heteroatoms. The Morgan fingerprint density at radius 3 is 2.70 bits per heavy atom. The fraction of sp³-hybridized carbons (Fsp3) is 0.550. The molecule has 1 aliphatic carbocycles. The second-order valence-electron chi connectivity index (χ2n) is 8.42. The number of amides is 1. The summed E-state index contributed by atoms with van der Waals surface area (Å²) < 4.78 is 24.7. The average molecular weight is 388 g/mol. The number of aromatic amines is 1. The van der Waals surface area contributed by atoms with Gasteiger partial charge in [0.2, 0.25) is 0 Å². The van der Waals surface area contributed by atoms with Gasteiger partial charge in [-0.3, -0.25) is 9.69 Å². The molecule has 2 saturated heterocycles. The Hall–Kier alpha value is -1.86. The van der Waals surface area contributed by atoms with Crippen molar-refractivity contribution < 1.29 is 13.2 Å². The topological polar surface area (TPSA) is 73.5 Å². The van der Waals surface area contributed by atoms with Crippen LogP contribution in [0.5, 0.6) is 0 Å². The zero-order chi connectivity index (χ0) is 18.8. The predicted octanol–water partition coefficient (Wildman–Crippen LogP) is 1.81. The number of hydrogen-bond donors (Lipinski definition) is 1. The number of benzene rings is 1. The van der Waals surface area contributed by atoms with Crippen molar-refractivity contribution in [3.05, 3.63) is 35.5 Å². The first-order valence-corrected chi connectivity index (χ1v) is 11.6. The molecule has 1 aromatic carbocycles. The van der Waals surface area contributed by atoms with E-state index in [1.807, 2.05) is 25.1 Å². The van der Waals surface area contributed by atoms with Crippen molar-refractivity contribution in [1.82, 2.24) is 14.8 Å². The van der Waals surface area contributed by atoms with Crippen LogP contribution in [0.25, 0.3) is 10.9 Å². The molecule has 2 aliphatic heterocycles. The monoisotopic (exact) mass is 387 g/mol. The number of nitrogens with zero attached hydrogens (tertiary/aromatic N) is 2. The minimum Gasteiger partial charge on any atom is -0.351 e. The molecule has 144 valence electrons. The molecule has 6 nitrogen and oxygen atoms in total. The van der Waals surface area contributed by atoms with E-state index < -0.39 is 9.84 Å². The molecule has 0 bridgehead atoms. The molecule has 0 spiro atoms. The second-order valence-corrected chi connectivity index (χ2v) is 10.6. The first-order valence-electron chi connectivity index (χ1n) is 9.74. The zero-order valence-corrected chi connectivity index (χ0v) is 16.3. The van der Waals surface area contributed by atoms with Gasteiger partial charge in [0.1, 0.15) is 5.69 Å². The predicted molar refractivity (Wildman–Crippen MR) is 105 cm³/mol. The van der Waals surface area contributed by atoms with Gasteiger partial charge in [-0.2, -0.15) is 0 Å². The van der Waals surface area contributed by atoms with Crippen molar-refractivity contribution in [3.8, 4) is 0 Å². The number of aromatic nitrogens is 1. The molecule has 0 radical (unpaired) electrons. The van der Waals surface area contributed by atoms with Crippen LogP contribution in [0.2, 0.25) is 0 Å². The molecule has 5 rings (SSSR count). The number of piperazine rings is 1. The van der Waals surface area contributed by atoms with Gasteiger partial charge in [0.25, 0.3) is 5.91 Å². The highest BCUT2D eigenvalue weighted by molar-refractivity contribution is 7.91. The van der Waals surface area contributed by atoms with E-state index in [1.54, 1.807) is 4.90 Å². The SMILES string of the molecule is Cc1ccc2[nH]c(C(=O)N3CCN(CC4CC4)[C@@H]4CS(=O)(=O)C[C@@H]43)cc2c1. The zero-order valence-electron chi connectivity index (χ0n) is 15.5. The van der Waals surface area contributed by atoms with Crippen molar-refractivity contribution in [1.29, 1.82) is 0 Å². The van der Waals surface area contributed by atoms with E-state index in [2.05, 4.69) is 16.0 Å². The van der Waals surface area contributed by atoms with Crippen LogP contribution in [0.1, 0.15) is 28.9 Å². The van der Waals surface area contributed by atoms with Gasteiger partial charge in [0.05, 0.1) is 17.5 Å². The number of carbonyl (C=O) groups excluding carboxylic acids is 1. The number of rotatable bonds is 3. The molecular weight excluding hydrogens is 362 g/mol. The number of hydrogen-bond acceptors (Lipinski definition) is 4. The summed E-state index contributed by atoms with van der Waals surface area (Å²) in [7, 11) is -3.10. The Morgan fingerprint density at radius 1 is 1.15 bits per heavy atom. The number of nitrogens with one attached hydrogen (secondary N) is 1. The van der Waals surface area contributed by atoms with Crippen LogP contribution in [0.15, 0.2) is 24.3 Å². The molecule has 3 aliphatic rings. The van der Waals surface area contributed by atoms with Gasteiger partial charge in [0, 0.05) is 36.6 Å². The summed E-state index contributed by atoms with van der Waals surface area (Å²) in [5.41, 5.74) is 2.64. The summed E-state index contributed by atoms with van der Waals surface area (Å²) >= 11 is 0. The molecular formula is C20H25N3O3S. The summed E-state index contributed by atoms with van der Waals surface area (Å²) in [5, 5.41) is 1.02. The number of aryl methyl sites for hydroxylation is 1. The molecule has 0 unspecified atom stereocenters. The summed E-state index contributed by atoms with van der Waals surface area (Å²) in [5.74, 6) is 0.902. The fourth-order valence-electron chi connectivity index (χ4n) is 4.66. The third kappa shape index (κ3) is 3.17. The Kier molecular flexibility index (Phi) is 3.88. The van der Waals surface area contributed by atoms with E-state index in [1.165, 1.54) is 12.8 Å². The normalized spacial score (nSPS) is 27.8. The van der Waals surface area contributed by atoms with E-state index in [0.717, 1.165) is 29.6 Å². The summed E-state index contributed by atoms with van der Waals surface area (Å²) in [4.78, 5) is 20.6. The van der Waals surface area contributed by atoms with Gasteiger partial charge in [-0.1, -0.05) is 11.6 Å². The van der Waals surface area contributed by atoms with Crippen molar-refractivity contribution in [3.63, 3.8) is 0 Å². The number of carbonyl (C=O) groups is 1. The number of fused-ring (bicyclic) bond motifs is 2. The first kappa shape index (κ1) is 17.3. The highest BCUT2D eigenvalue weighted by Crippen LogP contribution is 2.34. The van der Waals surface area contributed by atoms with Crippen molar-refractivity contribution >= 4 is 26.6 Å².